The molecule has 0 atom stereocenters. The monoisotopic (exact) mass is 264 g/mol. The summed E-state index contributed by atoms with van der Waals surface area (Å²) in [5, 5.41) is 0. The Bertz CT molecular complexity index is 349. The molecule has 0 bridgehead atoms. The van der Waals surface area contributed by atoms with E-state index in [1.807, 2.05) is 0 Å². The molecule has 0 aliphatic carbocycles. The van der Waals surface area contributed by atoms with E-state index in [0.717, 1.165) is 13.0 Å². The second kappa shape index (κ2) is 9.96. The molecule has 0 amide bonds. The molecule has 0 spiro atoms. The lowest BCUT2D eigenvalue weighted by Gasteiger charge is -2.04. The van der Waals surface area contributed by atoms with Gasteiger partial charge in [-0.25, -0.2) is 0 Å². The van der Waals surface area contributed by atoms with Gasteiger partial charge in [-0.05, 0) is 25.3 Å². The number of pyridine rings is 1. The van der Waals surface area contributed by atoms with Gasteiger partial charge in [0.25, 0.3) is 6.73 Å². The summed E-state index contributed by atoms with van der Waals surface area (Å²) in [6, 6.07) is 2.17. The van der Waals surface area contributed by atoms with Gasteiger partial charge in [-0.3, -0.25) is 0 Å². The van der Waals surface area contributed by atoms with Crippen molar-refractivity contribution in [2.45, 2.75) is 72.4 Å². The zero-order valence-corrected chi connectivity index (χ0v) is 13.0. The molecule has 1 rings (SSSR count). The first-order valence-corrected chi connectivity index (χ1v) is 7.84. The predicted molar refractivity (Wildman–Crippen MR) is 80.1 cm³/mol. The first-order chi connectivity index (χ1) is 9.27. The summed E-state index contributed by atoms with van der Waals surface area (Å²) in [4.78, 5) is 0. The highest BCUT2D eigenvalue weighted by Gasteiger charge is 2.04. The van der Waals surface area contributed by atoms with Gasteiger partial charge in [0.15, 0.2) is 12.4 Å². The number of hydrogen-bond acceptors (Lipinski definition) is 1. The Kier molecular flexibility index (Phi) is 8.48. The first kappa shape index (κ1) is 16.2. The topological polar surface area (TPSA) is 13.1 Å². The summed E-state index contributed by atoms with van der Waals surface area (Å²) in [6.45, 7) is 8.19. The van der Waals surface area contributed by atoms with Crippen molar-refractivity contribution < 1.29 is 9.30 Å². The molecule has 1 aromatic heterocycles. The Hall–Kier alpha value is -0.890. The number of ether oxygens (including phenoxy) is 1. The molecule has 0 unspecified atom stereocenters. The number of aromatic nitrogens is 1. The van der Waals surface area contributed by atoms with E-state index in [4.69, 9.17) is 4.74 Å². The molecule has 0 aromatic carbocycles. The van der Waals surface area contributed by atoms with E-state index in [0.29, 0.717) is 6.73 Å². The Morgan fingerprint density at radius 3 is 2.53 bits per heavy atom. The minimum absolute atomic E-state index is 0.683. The summed E-state index contributed by atoms with van der Waals surface area (Å²) in [5.74, 6) is 0. The summed E-state index contributed by atoms with van der Waals surface area (Å²) < 4.78 is 7.87. The van der Waals surface area contributed by atoms with Crippen LogP contribution in [0.2, 0.25) is 0 Å². The van der Waals surface area contributed by atoms with E-state index < -0.39 is 0 Å². The lowest BCUT2D eigenvalue weighted by atomic mass is 10.1. The standard InChI is InChI=1S/C17H30NO/c1-4-6-7-8-9-10-13-19-15-18-12-11-16(3)17(5-2)14-18/h11-12,14H,4-10,13,15H2,1-3H3/q+1. The van der Waals surface area contributed by atoms with Crippen LogP contribution in [0.4, 0.5) is 0 Å². The fourth-order valence-electron chi connectivity index (χ4n) is 2.26. The van der Waals surface area contributed by atoms with E-state index in [-0.39, 0.29) is 0 Å². The number of nitrogens with zero attached hydrogens (tertiary/aromatic N) is 1. The van der Waals surface area contributed by atoms with Crippen LogP contribution < -0.4 is 4.57 Å². The fourth-order valence-corrected chi connectivity index (χ4v) is 2.26. The van der Waals surface area contributed by atoms with Crippen LogP contribution in [0.3, 0.4) is 0 Å². The van der Waals surface area contributed by atoms with E-state index >= 15 is 0 Å². The zero-order chi connectivity index (χ0) is 13.9. The maximum absolute atomic E-state index is 5.73. The summed E-state index contributed by atoms with van der Waals surface area (Å²) in [6.07, 6.45) is 13.3. The van der Waals surface area contributed by atoms with Gasteiger partial charge < -0.3 is 4.74 Å². The number of unbranched alkanes of at least 4 members (excludes halogenated alkanes) is 5. The Morgan fingerprint density at radius 1 is 1.05 bits per heavy atom. The number of aryl methyl sites for hydroxylation is 2. The van der Waals surface area contributed by atoms with Crippen molar-refractivity contribution in [2.75, 3.05) is 6.61 Å². The average molecular weight is 264 g/mol. The maximum Gasteiger partial charge on any atom is 0.252 e. The number of hydrogen-bond donors (Lipinski definition) is 0. The molecule has 1 aromatic rings. The van der Waals surface area contributed by atoms with Crippen LogP contribution >= 0.6 is 0 Å². The van der Waals surface area contributed by atoms with Gasteiger partial charge >= 0.3 is 0 Å². The molecule has 2 nitrogen and oxygen atoms in total. The van der Waals surface area contributed by atoms with E-state index in [1.165, 1.54) is 49.7 Å². The Morgan fingerprint density at radius 2 is 1.79 bits per heavy atom. The van der Waals surface area contributed by atoms with Crippen LogP contribution in [0.25, 0.3) is 0 Å². The average Bonchev–Trinajstić information content (AvgIpc) is 2.43. The molecular weight excluding hydrogens is 234 g/mol. The lowest BCUT2D eigenvalue weighted by Crippen LogP contribution is -2.35. The summed E-state index contributed by atoms with van der Waals surface area (Å²) in [7, 11) is 0. The maximum atomic E-state index is 5.73. The van der Waals surface area contributed by atoms with Gasteiger partial charge in [0.2, 0.25) is 0 Å². The molecule has 19 heavy (non-hydrogen) atoms. The smallest absolute Gasteiger partial charge is 0.252 e. The van der Waals surface area contributed by atoms with Crippen molar-refractivity contribution in [3.8, 4) is 0 Å². The van der Waals surface area contributed by atoms with Crippen LogP contribution in [0.15, 0.2) is 18.5 Å². The van der Waals surface area contributed by atoms with Gasteiger partial charge in [0, 0.05) is 11.6 Å². The fraction of sp³-hybridized carbons (Fsp3) is 0.706. The third-order valence-corrected chi connectivity index (χ3v) is 3.61. The molecule has 108 valence electrons. The van der Waals surface area contributed by atoms with Crippen molar-refractivity contribution in [1.29, 1.82) is 0 Å². The first-order valence-electron chi connectivity index (χ1n) is 7.84. The van der Waals surface area contributed by atoms with Gasteiger partial charge in [-0.2, -0.15) is 4.57 Å². The molecule has 0 fully saturated rings. The van der Waals surface area contributed by atoms with Crippen LogP contribution in [0, 0.1) is 6.92 Å². The highest BCUT2D eigenvalue weighted by Crippen LogP contribution is 2.05. The van der Waals surface area contributed by atoms with Gasteiger partial charge in [0.05, 0.1) is 6.61 Å². The molecule has 0 N–H and O–H groups in total. The van der Waals surface area contributed by atoms with Crippen molar-refractivity contribution >= 4 is 0 Å². The highest BCUT2D eigenvalue weighted by atomic mass is 16.5. The third-order valence-electron chi connectivity index (χ3n) is 3.61. The normalized spacial score (nSPS) is 10.9. The predicted octanol–water partition coefficient (Wildman–Crippen LogP) is 4.18. The molecule has 2 heteroatoms. The van der Waals surface area contributed by atoms with Gasteiger partial charge in [-0.15, -0.1) is 0 Å². The zero-order valence-electron chi connectivity index (χ0n) is 13.0. The Balaban J connectivity index is 2.12. The second-order valence-corrected chi connectivity index (χ2v) is 5.33. The lowest BCUT2D eigenvalue weighted by molar-refractivity contribution is -0.733. The minimum atomic E-state index is 0.683. The van der Waals surface area contributed by atoms with Gasteiger partial charge in [0.1, 0.15) is 0 Å². The van der Waals surface area contributed by atoms with E-state index in [1.54, 1.807) is 0 Å². The minimum Gasteiger partial charge on any atom is -0.323 e. The number of rotatable bonds is 10. The molecule has 0 radical (unpaired) electrons. The van der Waals surface area contributed by atoms with Crippen molar-refractivity contribution in [1.82, 2.24) is 0 Å². The van der Waals surface area contributed by atoms with Crippen LogP contribution in [-0.4, -0.2) is 6.61 Å². The van der Waals surface area contributed by atoms with Gasteiger partial charge in [-0.1, -0.05) is 46.0 Å². The summed E-state index contributed by atoms with van der Waals surface area (Å²) >= 11 is 0. The molecular formula is C17H30NO+. The van der Waals surface area contributed by atoms with Crippen molar-refractivity contribution in [3.05, 3.63) is 29.6 Å². The molecule has 0 saturated carbocycles. The molecule has 0 saturated heterocycles. The largest absolute Gasteiger partial charge is 0.323 e. The van der Waals surface area contributed by atoms with Crippen molar-refractivity contribution in [2.24, 2.45) is 0 Å². The van der Waals surface area contributed by atoms with Crippen LogP contribution in [-0.2, 0) is 17.9 Å². The van der Waals surface area contributed by atoms with Crippen LogP contribution in [0.5, 0.6) is 0 Å². The van der Waals surface area contributed by atoms with Crippen molar-refractivity contribution in [3.63, 3.8) is 0 Å². The molecule has 1 heterocycles. The van der Waals surface area contributed by atoms with Crippen LogP contribution in [0.1, 0.15) is 63.5 Å². The molecule has 0 aliphatic rings. The molecule has 0 aliphatic heterocycles. The second-order valence-electron chi connectivity index (χ2n) is 5.33. The highest BCUT2D eigenvalue weighted by molar-refractivity contribution is 5.18. The third kappa shape index (κ3) is 6.72. The van der Waals surface area contributed by atoms with E-state index in [9.17, 15) is 0 Å². The Labute approximate surface area is 118 Å². The summed E-state index contributed by atoms with van der Waals surface area (Å²) in [5.41, 5.74) is 2.78. The SMILES string of the molecule is CCCCCCCCOC[n+]1ccc(C)c(CC)c1. The quantitative estimate of drug-likeness (QED) is 0.456. The van der Waals surface area contributed by atoms with E-state index in [2.05, 4.69) is 43.8 Å².